The maximum Gasteiger partial charge on any atom is 0.151 e. The predicted molar refractivity (Wildman–Crippen MR) is 60.4 cm³/mol. The molecule has 0 saturated carbocycles. The number of sulfone groups is 1. The van der Waals surface area contributed by atoms with Gasteiger partial charge >= 0.3 is 0 Å². The van der Waals surface area contributed by atoms with Gasteiger partial charge in [0.05, 0.1) is 11.5 Å². The number of nitrogens with two attached hydrogens (primary N) is 1. The van der Waals surface area contributed by atoms with Crippen LogP contribution in [0.25, 0.3) is 0 Å². The Balaban J connectivity index is 1.94. The average molecular weight is 232 g/mol. The molecule has 2 aliphatic rings. The van der Waals surface area contributed by atoms with Crippen LogP contribution in [0, 0.1) is 5.92 Å². The summed E-state index contributed by atoms with van der Waals surface area (Å²) in [7, 11) is -2.74. The molecule has 0 spiro atoms. The largest absolute Gasteiger partial charge is 0.330 e. The number of nitrogens with zero attached hydrogens (tertiary/aromatic N) is 1. The van der Waals surface area contributed by atoms with Crippen molar-refractivity contribution in [1.29, 1.82) is 0 Å². The van der Waals surface area contributed by atoms with Gasteiger partial charge in [0, 0.05) is 12.6 Å². The Morgan fingerprint density at radius 1 is 1.33 bits per heavy atom. The molecule has 5 heteroatoms. The summed E-state index contributed by atoms with van der Waals surface area (Å²) in [6.07, 6.45) is 3.19. The van der Waals surface area contributed by atoms with Gasteiger partial charge < -0.3 is 5.73 Å². The average Bonchev–Trinajstić information content (AvgIpc) is 2.59. The molecule has 15 heavy (non-hydrogen) atoms. The first-order valence-corrected chi connectivity index (χ1v) is 7.57. The van der Waals surface area contributed by atoms with Crippen molar-refractivity contribution < 1.29 is 8.42 Å². The first kappa shape index (κ1) is 11.4. The molecule has 2 N–H and O–H groups in total. The molecule has 0 aliphatic carbocycles. The van der Waals surface area contributed by atoms with Crippen molar-refractivity contribution in [2.45, 2.75) is 25.3 Å². The molecular weight excluding hydrogens is 212 g/mol. The minimum absolute atomic E-state index is 0.268. The molecule has 0 bridgehead atoms. The van der Waals surface area contributed by atoms with Gasteiger partial charge in [0.2, 0.25) is 0 Å². The smallest absolute Gasteiger partial charge is 0.151 e. The van der Waals surface area contributed by atoms with Gasteiger partial charge in [0.25, 0.3) is 0 Å². The van der Waals surface area contributed by atoms with Crippen molar-refractivity contribution >= 4 is 9.84 Å². The van der Waals surface area contributed by atoms with E-state index in [9.17, 15) is 8.42 Å². The second kappa shape index (κ2) is 4.39. The van der Waals surface area contributed by atoms with Crippen molar-refractivity contribution in [1.82, 2.24) is 4.90 Å². The molecule has 0 aromatic heterocycles. The highest BCUT2D eigenvalue weighted by Gasteiger charge is 2.34. The lowest BCUT2D eigenvalue weighted by Crippen LogP contribution is -2.44. The number of hydrogen-bond acceptors (Lipinski definition) is 4. The van der Waals surface area contributed by atoms with Crippen molar-refractivity contribution in [3.05, 3.63) is 0 Å². The van der Waals surface area contributed by atoms with Gasteiger partial charge in [-0.15, -0.1) is 0 Å². The van der Waals surface area contributed by atoms with Gasteiger partial charge in [-0.3, -0.25) is 4.90 Å². The molecular formula is C10H20N2O2S. The summed E-state index contributed by atoms with van der Waals surface area (Å²) in [5.41, 5.74) is 5.67. The minimum atomic E-state index is -2.74. The summed E-state index contributed by atoms with van der Waals surface area (Å²) in [5.74, 6) is 1.31. The summed E-state index contributed by atoms with van der Waals surface area (Å²) < 4.78 is 22.8. The Morgan fingerprint density at radius 3 is 2.73 bits per heavy atom. The van der Waals surface area contributed by atoms with E-state index in [1.54, 1.807) is 0 Å². The molecule has 0 unspecified atom stereocenters. The fourth-order valence-electron chi connectivity index (χ4n) is 2.68. The lowest BCUT2D eigenvalue weighted by molar-refractivity contribution is 0.137. The fraction of sp³-hybridized carbons (Fsp3) is 1.00. The molecule has 4 nitrogen and oxygen atoms in total. The minimum Gasteiger partial charge on any atom is -0.330 e. The van der Waals surface area contributed by atoms with Crippen LogP contribution in [0.3, 0.4) is 0 Å². The number of likely N-dealkylation sites (tertiary alicyclic amines) is 1. The van der Waals surface area contributed by atoms with Gasteiger partial charge in [-0.25, -0.2) is 8.42 Å². The molecule has 2 aliphatic heterocycles. The summed E-state index contributed by atoms with van der Waals surface area (Å²) in [4.78, 5) is 2.34. The van der Waals surface area contributed by atoms with Crippen LogP contribution in [-0.2, 0) is 9.84 Å². The maximum absolute atomic E-state index is 11.4. The van der Waals surface area contributed by atoms with Crippen LogP contribution in [0.15, 0.2) is 0 Å². The van der Waals surface area contributed by atoms with E-state index in [1.807, 2.05) is 0 Å². The molecule has 2 atom stereocenters. The molecule has 0 amide bonds. The second-order valence-corrected chi connectivity index (χ2v) is 7.02. The molecule has 0 aromatic rings. The topological polar surface area (TPSA) is 63.4 Å². The van der Waals surface area contributed by atoms with E-state index >= 15 is 0 Å². The first-order chi connectivity index (χ1) is 7.11. The molecule has 0 aromatic carbocycles. The van der Waals surface area contributed by atoms with E-state index in [-0.39, 0.29) is 6.04 Å². The number of hydrogen-bond donors (Lipinski definition) is 1. The van der Waals surface area contributed by atoms with Gasteiger partial charge in [-0.2, -0.15) is 0 Å². The van der Waals surface area contributed by atoms with E-state index < -0.39 is 9.84 Å². The fourth-order valence-corrected chi connectivity index (χ4v) is 4.45. The molecule has 88 valence electrons. The van der Waals surface area contributed by atoms with Gasteiger partial charge in [0.1, 0.15) is 0 Å². The molecule has 2 fully saturated rings. The van der Waals surface area contributed by atoms with Crippen LogP contribution in [0.2, 0.25) is 0 Å². The van der Waals surface area contributed by atoms with E-state index in [0.29, 0.717) is 17.4 Å². The van der Waals surface area contributed by atoms with Gasteiger partial charge in [-0.1, -0.05) is 0 Å². The van der Waals surface area contributed by atoms with E-state index in [4.69, 9.17) is 5.73 Å². The van der Waals surface area contributed by atoms with Gasteiger partial charge in [0.15, 0.2) is 9.84 Å². The van der Waals surface area contributed by atoms with Crippen LogP contribution < -0.4 is 5.73 Å². The predicted octanol–water partition coefficient (Wildman–Crippen LogP) is -0.156. The zero-order valence-corrected chi connectivity index (χ0v) is 9.88. The molecule has 2 rings (SSSR count). The Kier molecular flexibility index (Phi) is 3.33. The second-order valence-electron chi connectivity index (χ2n) is 4.80. The monoisotopic (exact) mass is 232 g/mol. The molecule has 2 heterocycles. The van der Waals surface area contributed by atoms with Gasteiger partial charge in [-0.05, 0) is 38.3 Å². The van der Waals surface area contributed by atoms with Crippen molar-refractivity contribution in [2.24, 2.45) is 11.7 Å². The first-order valence-electron chi connectivity index (χ1n) is 5.75. The lowest BCUT2D eigenvalue weighted by atomic mass is 9.97. The summed E-state index contributed by atoms with van der Waals surface area (Å²) in [5, 5.41) is 0. The van der Waals surface area contributed by atoms with Crippen LogP contribution in [0.5, 0.6) is 0 Å². The Bertz CT molecular complexity index is 315. The highest BCUT2D eigenvalue weighted by Crippen LogP contribution is 2.23. The normalized spacial score (nSPS) is 36.9. The van der Waals surface area contributed by atoms with Crippen molar-refractivity contribution in [3.63, 3.8) is 0 Å². The van der Waals surface area contributed by atoms with Crippen molar-refractivity contribution in [2.75, 3.05) is 31.1 Å². The number of piperidine rings is 1. The van der Waals surface area contributed by atoms with Crippen LogP contribution in [0.4, 0.5) is 0 Å². The highest BCUT2D eigenvalue weighted by atomic mass is 32.2. The van der Waals surface area contributed by atoms with E-state index in [1.165, 1.54) is 12.8 Å². The summed E-state index contributed by atoms with van der Waals surface area (Å²) in [6.45, 7) is 2.78. The number of rotatable bonds is 2. The Labute approximate surface area is 91.7 Å². The lowest BCUT2D eigenvalue weighted by Gasteiger charge is -2.35. The summed E-state index contributed by atoms with van der Waals surface area (Å²) in [6, 6.07) is 0.268. The van der Waals surface area contributed by atoms with E-state index in [0.717, 1.165) is 26.1 Å². The maximum atomic E-state index is 11.4. The third-order valence-electron chi connectivity index (χ3n) is 3.61. The van der Waals surface area contributed by atoms with Crippen LogP contribution in [-0.4, -0.2) is 50.5 Å². The SMILES string of the molecule is NC[C@H]1CCCN([C@H]2CCS(=O)(=O)C2)C1. The standard InChI is InChI=1S/C10H20N2O2S/c11-6-9-2-1-4-12(7-9)10-3-5-15(13,14)8-10/h9-10H,1-8,11H2/t9-,10+/m1/s1. The third-order valence-corrected chi connectivity index (χ3v) is 5.36. The van der Waals surface area contributed by atoms with Crippen LogP contribution in [0.1, 0.15) is 19.3 Å². The quantitative estimate of drug-likeness (QED) is 0.719. The summed E-state index contributed by atoms with van der Waals surface area (Å²) >= 11 is 0. The Hall–Kier alpha value is -0.130. The van der Waals surface area contributed by atoms with E-state index in [2.05, 4.69) is 4.90 Å². The molecule has 2 saturated heterocycles. The van der Waals surface area contributed by atoms with Crippen LogP contribution >= 0.6 is 0 Å². The molecule has 0 radical (unpaired) electrons. The van der Waals surface area contributed by atoms with Crippen molar-refractivity contribution in [3.8, 4) is 0 Å². The zero-order chi connectivity index (χ0) is 10.9. The highest BCUT2D eigenvalue weighted by molar-refractivity contribution is 7.91. The third kappa shape index (κ3) is 2.71. The zero-order valence-electron chi connectivity index (χ0n) is 9.06. The Morgan fingerprint density at radius 2 is 2.13 bits per heavy atom.